The highest BCUT2D eigenvalue weighted by molar-refractivity contribution is 7.08. The third-order valence-electron chi connectivity index (χ3n) is 5.05. The van der Waals surface area contributed by atoms with Crippen LogP contribution < -0.4 is 0 Å². The van der Waals surface area contributed by atoms with E-state index in [1.165, 1.54) is 5.56 Å². The first-order valence-corrected chi connectivity index (χ1v) is 10.5. The summed E-state index contributed by atoms with van der Waals surface area (Å²) in [6, 6.07) is 16.6. The predicted octanol–water partition coefficient (Wildman–Crippen LogP) is 6.41. The zero-order valence-corrected chi connectivity index (χ0v) is 16.9. The lowest BCUT2D eigenvalue weighted by Crippen LogP contribution is -1.95. The molecule has 2 aromatic carbocycles. The van der Waals surface area contributed by atoms with E-state index in [1.807, 2.05) is 24.5 Å². The van der Waals surface area contributed by atoms with Crippen LogP contribution in [0.25, 0.3) is 38.8 Å². The summed E-state index contributed by atoms with van der Waals surface area (Å²) in [5.74, 6) is 0. The van der Waals surface area contributed by atoms with Crippen molar-refractivity contribution in [1.29, 1.82) is 5.26 Å². The number of nitrogens with zero attached hydrogens (tertiary/aromatic N) is 4. The molecule has 0 bridgehead atoms. The monoisotopic (exact) mass is 414 g/mol. The molecule has 0 amide bonds. The number of aromatic nitrogens is 3. The number of aryl methyl sites for hydroxylation is 1. The molecule has 3 aromatic heterocycles. The predicted molar refractivity (Wildman–Crippen MR) is 119 cm³/mol. The van der Waals surface area contributed by atoms with Crippen molar-refractivity contribution in [2.75, 3.05) is 0 Å². The van der Waals surface area contributed by atoms with E-state index in [1.54, 1.807) is 17.5 Å². The number of fused-ring (bicyclic) bond motifs is 3. The summed E-state index contributed by atoms with van der Waals surface area (Å²) in [5, 5.41) is 14.8. The lowest BCUT2D eigenvalue weighted by Gasteiger charge is -2.10. The third kappa shape index (κ3) is 3.17. The van der Waals surface area contributed by atoms with Crippen LogP contribution in [0, 0.1) is 11.3 Å². The molecular weight excluding hydrogens is 400 g/mol. The quantitative estimate of drug-likeness (QED) is 0.341. The molecule has 29 heavy (non-hydrogen) atoms. The Kier molecular flexibility index (Phi) is 4.51. The Hall–Kier alpha value is -3.20. The number of pyridine rings is 1. The van der Waals surface area contributed by atoms with Crippen molar-refractivity contribution in [3.8, 4) is 22.9 Å². The molecule has 0 aliphatic heterocycles. The first-order chi connectivity index (χ1) is 14.2. The summed E-state index contributed by atoms with van der Waals surface area (Å²) in [7, 11) is 0. The van der Waals surface area contributed by atoms with Gasteiger partial charge in [0, 0.05) is 22.5 Å². The minimum absolute atomic E-state index is 0.453. The number of nitriles is 1. The second-order valence-electron chi connectivity index (χ2n) is 6.78. The van der Waals surface area contributed by atoms with Crippen LogP contribution in [0.15, 0.2) is 65.7 Å². The standard InChI is InChI=1S/C23H15ClN4S/c24-20-11-18(5-3-15(20)2-1-8-25)28-14-27-22-12-26-21-6-4-16(10-19(21)23(22)28)17-7-9-29-13-17/h3-7,9-14H,1-2H2. The number of halogens is 1. The van der Waals surface area contributed by atoms with Crippen LogP contribution in [0.3, 0.4) is 0 Å². The van der Waals surface area contributed by atoms with Crippen LogP contribution in [0.5, 0.6) is 0 Å². The van der Waals surface area contributed by atoms with Gasteiger partial charge in [-0.15, -0.1) is 0 Å². The highest BCUT2D eigenvalue weighted by Gasteiger charge is 2.12. The van der Waals surface area contributed by atoms with Gasteiger partial charge in [0.15, 0.2) is 0 Å². The number of hydrogen-bond acceptors (Lipinski definition) is 4. The van der Waals surface area contributed by atoms with Gasteiger partial charge in [-0.25, -0.2) is 4.98 Å². The van der Waals surface area contributed by atoms with Crippen LogP contribution >= 0.6 is 22.9 Å². The first kappa shape index (κ1) is 17.9. The summed E-state index contributed by atoms with van der Waals surface area (Å²) in [6.45, 7) is 0. The van der Waals surface area contributed by atoms with Crippen molar-refractivity contribution in [2.24, 2.45) is 0 Å². The van der Waals surface area contributed by atoms with Crippen molar-refractivity contribution < 1.29 is 0 Å². The first-order valence-electron chi connectivity index (χ1n) is 9.19. The molecule has 0 unspecified atom stereocenters. The third-order valence-corrected chi connectivity index (χ3v) is 6.08. The molecule has 5 aromatic rings. The number of imidazole rings is 1. The van der Waals surface area contributed by atoms with Crippen LogP contribution in [-0.2, 0) is 6.42 Å². The van der Waals surface area contributed by atoms with E-state index in [4.69, 9.17) is 16.9 Å². The molecule has 0 saturated heterocycles. The lowest BCUT2D eigenvalue weighted by molar-refractivity contribution is 1.01. The van der Waals surface area contributed by atoms with E-state index in [2.05, 4.69) is 55.6 Å². The molecule has 0 radical (unpaired) electrons. The molecule has 0 saturated carbocycles. The Morgan fingerprint density at radius 3 is 2.76 bits per heavy atom. The zero-order valence-electron chi connectivity index (χ0n) is 15.3. The SMILES string of the molecule is N#CCCc1ccc(-n2cnc3cnc4ccc(-c5ccsc5)cc4c32)cc1Cl. The Morgan fingerprint density at radius 1 is 1.03 bits per heavy atom. The van der Waals surface area contributed by atoms with E-state index in [0.717, 1.165) is 38.8 Å². The Balaban J connectivity index is 1.69. The average molecular weight is 415 g/mol. The molecule has 4 nitrogen and oxygen atoms in total. The second kappa shape index (κ2) is 7.32. The van der Waals surface area contributed by atoms with Crippen molar-refractivity contribution in [2.45, 2.75) is 12.8 Å². The van der Waals surface area contributed by atoms with E-state index < -0.39 is 0 Å². The highest BCUT2D eigenvalue weighted by atomic mass is 35.5. The number of hydrogen-bond donors (Lipinski definition) is 0. The Morgan fingerprint density at radius 2 is 1.97 bits per heavy atom. The van der Waals surface area contributed by atoms with E-state index in [-0.39, 0.29) is 0 Å². The van der Waals surface area contributed by atoms with Gasteiger partial charge < -0.3 is 0 Å². The fourth-order valence-corrected chi connectivity index (χ4v) is 4.51. The molecule has 0 aliphatic carbocycles. The van der Waals surface area contributed by atoms with Crippen molar-refractivity contribution in [3.05, 3.63) is 76.3 Å². The fraction of sp³-hybridized carbons (Fsp3) is 0.0870. The van der Waals surface area contributed by atoms with Gasteiger partial charge in [0.05, 0.1) is 23.3 Å². The largest absolute Gasteiger partial charge is 0.298 e. The van der Waals surface area contributed by atoms with E-state index >= 15 is 0 Å². The second-order valence-corrected chi connectivity index (χ2v) is 7.97. The van der Waals surface area contributed by atoms with Gasteiger partial charge in [-0.1, -0.05) is 23.7 Å². The Bertz CT molecular complexity index is 1380. The van der Waals surface area contributed by atoms with Gasteiger partial charge in [0.25, 0.3) is 0 Å². The maximum atomic E-state index is 8.82. The molecule has 0 atom stereocenters. The van der Waals surface area contributed by atoms with Crippen LogP contribution in [-0.4, -0.2) is 14.5 Å². The smallest absolute Gasteiger partial charge is 0.108 e. The molecule has 0 N–H and O–H groups in total. The number of thiophene rings is 1. The number of benzene rings is 2. The van der Waals surface area contributed by atoms with Gasteiger partial charge in [-0.3, -0.25) is 9.55 Å². The maximum Gasteiger partial charge on any atom is 0.108 e. The fourth-order valence-electron chi connectivity index (χ4n) is 3.58. The Labute approximate surface area is 176 Å². The summed E-state index contributed by atoms with van der Waals surface area (Å²) in [5.41, 5.74) is 7.04. The van der Waals surface area contributed by atoms with Gasteiger partial charge in [0.1, 0.15) is 11.8 Å². The minimum Gasteiger partial charge on any atom is -0.298 e. The van der Waals surface area contributed by atoms with Crippen LogP contribution in [0.4, 0.5) is 0 Å². The summed E-state index contributed by atoms with van der Waals surface area (Å²) < 4.78 is 2.05. The van der Waals surface area contributed by atoms with Gasteiger partial charge in [0.2, 0.25) is 0 Å². The molecular formula is C23H15ClN4S. The maximum absolute atomic E-state index is 8.82. The summed E-state index contributed by atoms with van der Waals surface area (Å²) in [6.07, 6.45) is 4.72. The molecule has 3 heterocycles. The van der Waals surface area contributed by atoms with Crippen molar-refractivity contribution >= 4 is 44.9 Å². The minimum atomic E-state index is 0.453. The summed E-state index contributed by atoms with van der Waals surface area (Å²) in [4.78, 5) is 9.13. The van der Waals surface area contributed by atoms with Gasteiger partial charge in [-0.05, 0) is 64.2 Å². The van der Waals surface area contributed by atoms with E-state index in [9.17, 15) is 0 Å². The van der Waals surface area contributed by atoms with Crippen molar-refractivity contribution in [3.63, 3.8) is 0 Å². The van der Waals surface area contributed by atoms with Crippen molar-refractivity contribution in [1.82, 2.24) is 14.5 Å². The van der Waals surface area contributed by atoms with Gasteiger partial charge >= 0.3 is 0 Å². The normalized spacial score (nSPS) is 11.2. The summed E-state index contributed by atoms with van der Waals surface area (Å²) >= 11 is 8.18. The molecule has 140 valence electrons. The molecule has 0 spiro atoms. The molecule has 5 rings (SSSR count). The molecule has 0 aliphatic rings. The lowest BCUT2D eigenvalue weighted by atomic mass is 10.1. The van der Waals surface area contributed by atoms with Crippen LogP contribution in [0.2, 0.25) is 5.02 Å². The average Bonchev–Trinajstić information content (AvgIpc) is 3.42. The topological polar surface area (TPSA) is 54.5 Å². The zero-order chi connectivity index (χ0) is 19.8. The van der Waals surface area contributed by atoms with Crippen LogP contribution in [0.1, 0.15) is 12.0 Å². The molecule has 0 fully saturated rings. The number of rotatable bonds is 4. The highest BCUT2D eigenvalue weighted by Crippen LogP contribution is 2.31. The van der Waals surface area contributed by atoms with E-state index in [0.29, 0.717) is 17.9 Å². The van der Waals surface area contributed by atoms with Gasteiger partial charge in [-0.2, -0.15) is 16.6 Å². The molecule has 6 heteroatoms.